The summed E-state index contributed by atoms with van der Waals surface area (Å²) in [6.45, 7) is 4.02. The number of carbonyl (C=O) groups is 1. The van der Waals surface area contributed by atoms with Crippen LogP contribution in [0.25, 0.3) is 0 Å². The highest BCUT2D eigenvalue weighted by atomic mass is 35.5. The summed E-state index contributed by atoms with van der Waals surface area (Å²) < 4.78 is 29.6. The first-order valence-electron chi connectivity index (χ1n) is 9.27. The quantitative estimate of drug-likeness (QED) is 0.546. The summed E-state index contributed by atoms with van der Waals surface area (Å²) in [5, 5.41) is 7.22. The third-order valence-corrected chi connectivity index (χ3v) is 6.47. The van der Waals surface area contributed by atoms with Crippen molar-refractivity contribution >= 4 is 28.9 Å². The minimum absolute atomic E-state index is 0.0437. The molecule has 1 aliphatic rings. The van der Waals surface area contributed by atoms with E-state index in [0.29, 0.717) is 11.6 Å². The van der Waals surface area contributed by atoms with Gasteiger partial charge in [-0.05, 0) is 38.1 Å². The Bertz CT molecular complexity index is 1200. The first-order valence-corrected chi connectivity index (χ1v) is 10.5. The summed E-state index contributed by atoms with van der Waals surface area (Å²) in [5.41, 5.74) is 8.66. The molecular weight excluding hydrogens is 445 g/mol. The van der Waals surface area contributed by atoms with Crippen LogP contribution in [0.5, 0.6) is 11.6 Å². The zero-order valence-electron chi connectivity index (χ0n) is 16.9. The van der Waals surface area contributed by atoms with Crippen LogP contribution in [0.15, 0.2) is 35.7 Å². The van der Waals surface area contributed by atoms with E-state index in [-0.39, 0.29) is 23.1 Å². The highest BCUT2D eigenvalue weighted by Gasteiger charge is 2.39. The lowest BCUT2D eigenvalue weighted by Gasteiger charge is -2.24. The van der Waals surface area contributed by atoms with Gasteiger partial charge in [0, 0.05) is 21.0 Å². The molecule has 1 atom stereocenters. The highest BCUT2D eigenvalue weighted by Crippen LogP contribution is 2.46. The molecule has 4 rings (SSSR count). The van der Waals surface area contributed by atoms with E-state index in [9.17, 15) is 9.18 Å². The third kappa shape index (κ3) is 3.86. The molecule has 0 saturated carbocycles. The smallest absolute Gasteiger partial charge is 0.340 e. The number of H-pyrrole nitrogens is 1. The molecule has 1 aromatic carbocycles. The van der Waals surface area contributed by atoms with E-state index in [1.807, 2.05) is 19.9 Å². The van der Waals surface area contributed by atoms with Crippen molar-refractivity contribution < 1.29 is 23.4 Å². The molecule has 0 aliphatic carbocycles. The normalized spacial score (nSPS) is 15.5. The van der Waals surface area contributed by atoms with Gasteiger partial charge in [-0.1, -0.05) is 11.6 Å². The number of methoxy groups -OCH3 is 1. The van der Waals surface area contributed by atoms with Crippen molar-refractivity contribution in [1.29, 1.82) is 0 Å². The summed E-state index contributed by atoms with van der Waals surface area (Å²) in [6.07, 6.45) is 0. The van der Waals surface area contributed by atoms with E-state index >= 15 is 0 Å². The molecule has 3 heterocycles. The Morgan fingerprint density at radius 1 is 1.39 bits per heavy atom. The number of ether oxygens (including phenoxy) is 3. The van der Waals surface area contributed by atoms with E-state index in [4.69, 9.17) is 31.5 Å². The summed E-state index contributed by atoms with van der Waals surface area (Å²) >= 11 is 7.56. The zero-order valence-corrected chi connectivity index (χ0v) is 18.5. The van der Waals surface area contributed by atoms with Crippen molar-refractivity contribution in [2.24, 2.45) is 5.73 Å². The lowest BCUT2D eigenvalue weighted by Crippen LogP contribution is -2.26. The fraction of sp³-hybridized carbons (Fsp3) is 0.238. The van der Waals surface area contributed by atoms with Gasteiger partial charge >= 0.3 is 5.97 Å². The van der Waals surface area contributed by atoms with Gasteiger partial charge in [-0.2, -0.15) is 0 Å². The molecule has 0 saturated heterocycles. The van der Waals surface area contributed by atoms with Gasteiger partial charge in [0.2, 0.25) is 11.8 Å². The van der Waals surface area contributed by atoms with Crippen LogP contribution in [-0.2, 0) is 16.1 Å². The van der Waals surface area contributed by atoms with Crippen molar-refractivity contribution in [3.05, 3.63) is 73.1 Å². The SMILES string of the molecule is COC(=O)C1=C(N)Oc2n[nH]c(C)c2C1c1cc(COc2ccc(F)cc2Cl)c(C)s1. The van der Waals surface area contributed by atoms with Crippen molar-refractivity contribution in [3.8, 4) is 11.6 Å². The van der Waals surface area contributed by atoms with Gasteiger partial charge in [-0.3, -0.25) is 5.10 Å². The number of hydrogen-bond donors (Lipinski definition) is 2. The zero-order chi connectivity index (χ0) is 22.3. The number of aromatic nitrogens is 2. The molecule has 31 heavy (non-hydrogen) atoms. The average molecular weight is 464 g/mol. The molecule has 1 aliphatic heterocycles. The number of rotatable bonds is 5. The largest absolute Gasteiger partial charge is 0.487 e. The van der Waals surface area contributed by atoms with Crippen LogP contribution >= 0.6 is 22.9 Å². The Kier molecular flexibility index (Phi) is 5.63. The number of nitrogens with two attached hydrogens (primary N) is 1. The first kappa shape index (κ1) is 21.2. The fourth-order valence-corrected chi connectivity index (χ4v) is 4.85. The number of halogens is 2. The van der Waals surface area contributed by atoms with Gasteiger partial charge in [-0.15, -0.1) is 16.4 Å². The van der Waals surface area contributed by atoms with Crippen molar-refractivity contribution in [2.75, 3.05) is 7.11 Å². The highest BCUT2D eigenvalue weighted by molar-refractivity contribution is 7.12. The number of aromatic amines is 1. The van der Waals surface area contributed by atoms with Crippen molar-refractivity contribution in [1.82, 2.24) is 10.2 Å². The molecule has 0 radical (unpaired) electrons. The van der Waals surface area contributed by atoms with E-state index in [0.717, 1.165) is 26.6 Å². The number of esters is 1. The second-order valence-corrected chi connectivity index (χ2v) is 8.66. The Morgan fingerprint density at radius 2 is 2.16 bits per heavy atom. The van der Waals surface area contributed by atoms with Crippen LogP contribution in [0.2, 0.25) is 5.02 Å². The maximum atomic E-state index is 13.3. The molecule has 3 N–H and O–H groups in total. The topological polar surface area (TPSA) is 99.5 Å². The lowest BCUT2D eigenvalue weighted by atomic mass is 9.88. The number of fused-ring (bicyclic) bond motifs is 1. The molecule has 10 heteroatoms. The van der Waals surface area contributed by atoms with E-state index < -0.39 is 17.7 Å². The van der Waals surface area contributed by atoms with Crippen LogP contribution in [0, 0.1) is 19.7 Å². The summed E-state index contributed by atoms with van der Waals surface area (Å²) in [7, 11) is 1.29. The van der Waals surface area contributed by atoms with E-state index in [1.54, 1.807) is 0 Å². The summed E-state index contributed by atoms with van der Waals surface area (Å²) in [5.74, 6) is -0.838. The molecule has 0 bridgehead atoms. The van der Waals surface area contributed by atoms with Crippen LogP contribution in [0.4, 0.5) is 4.39 Å². The van der Waals surface area contributed by atoms with Gasteiger partial charge in [0.25, 0.3) is 0 Å². The van der Waals surface area contributed by atoms with Gasteiger partial charge in [-0.25, -0.2) is 9.18 Å². The monoisotopic (exact) mass is 463 g/mol. The number of thiophene rings is 1. The Labute approximate surface area is 186 Å². The molecule has 7 nitrogen and oxygen atoms in total. The first-order chi connectivity index (χ1) is 14.8. The van der Waals surface area contributed by atoms with Crippen LogP contribution in [0.1, 0.15) is 32.5 Å². The molecule has 3 aromatic rings. The number of hydrogen-bond acceptors (Lipinski definition) is 7. The van der Waals surface area contributed by atoms with Gasteiger partial charge < -0.3 is 19.9 Å². The molecule has 0 amide bonds. The molecule has 0 spiro atoms. The molecule has 2 aromatic heterocycles. The van der Waals surface area contributed by atoms with E-state index in [2.05, 4.69) is 10.2 Å². The Morgan fingerprint density at radius 3 is 2.87 bits per heavy atom. The molecule has 162 valence electrons. The molecule has 0 fully saturated rings. The second-order valence-electron chi connectivity index (χ2n) is 6.97. The number of carbonyl (C=O) groups excluding carboxylic acids is 1. The van der Waals surface area contributed by atoms with Gasteiger partial charge in [0.05, 0.1) is 23.6 Å². The minimum atomic E-state index is -0.573. The predicted molar refractivity (Wildman–Crippen MR) is 114 cm³/mol. The fourth-order valence-electron chi connectivity index (χ4n) is 3.47. The minimum Gasteiger partial charge on any atom is -0.487 e. The maximum absolute atomic E-state index is 13.3. The third-order valence-electron chi connectivity index (χ3n) is 5.02. The van der Waals surface area contributed by atoms with E-state index in [1.165, 1.54) is 36.6 Å². The number of benzene rings is 1. The van der Waals surface area contributed by atoms with Crippen LogP contribution < -0.4 is 15.2 Å². The Balaban J connectivity index is 1.70. The lowest BCUT2D eigenvalue weighted by molar-refractivity contribution is -0.136. The van der Waals surface area contributed by atoms with Crippen molar-refractivity contribution in [2.45, 2.75) is 26.4 Å². The molecule has 1 unspecified atom stereocenters. The number of aryl methyl sites for hydroxylation is 2. The van der Waals surface area contributed by atoms with Gasteiger partial charge in [0.15, 0.2) is 0 Å². The van der Waals surface area contributed by atoms with Crippen molar-refractivity contribution in [3.63, 3.8) is 0 Å². The second kappa shape index (κ2) is 8.24. The van der Waals surface area contributed by atoms with Crippen LogP contribution in [0.3, 0.4) is 0 Å². The number of nitrogens with one attached hydrogen (secondary N) is 1. The number of nitrogens with zero attached hydrogens (tertiary/aromatic N) is 1. The van der Waals surface area contributed by atoms with Crippen LogP contribution in [-0.4, -0.2) is 23.3 Å². The molecular formula is C21H19ClFN3O4S. The summed E-state index contributed by atoms with van der Waals surface area (Å²) in [4.78, 5) is 14.4. The predicted octanol–water partition coefficient (Wildman–Crippen LogP) is 4.33. The summed E-state index contributed by atoms with van der Waals surface area (Å²) in [6, 6.07) is 5.91. The Hall–Kier alpha value is -3.04. The van der Waals surface area contributed by atoms with Gasteiger partial charge in [0.1, 0.15) is 23.7 Å². The average Bonchev–Trinajstić information content (AvgIpc) is 3.28. The maximum Gasteiger partial charge on any atom is 0.340 e. The standard InChI is InChI=1S/C21H19ClFN3O4S/c1-9-16-17(18(21(27)28-3)19(24)30-20(16)26-25-9)15-6-11(10(2)31-15)8-29-14-5-4-12(23)7-13(14)22/h4-7,17H,8,24H2,1-3H3,(H,25,26).